The Kier molecular flexibility index (Phi) is 3.38. The number of nitrogens with zero attached hydrogens (tertiary/aromatic N) is 1. The predicted molar refractivity (Wildman–Crippen MR) is 73.3 cm³/mol. The first-order valence-corrected chi connectivity index (χ1v) is 7.09. The molecular weight excluding hydrogens is 282 g/mol. The van der Waals surface area contributed by atoms with Crippen molar-refractivity contribution in [3.63, 3.8) is 0 Å². The molecule has 20 heavy (non-hydrogen) atoms. The fraction of sp³-hybridized carbons (Fsp3) is 0.500. The van der Waals surface area contributed by atoms with E-state index in [-0.39, 0.29) is 6.09 Å². The number of ether oxygens (including phenoxy) is 3. The maximum atomic E-state index is 11.7. The van der Waals surface area contributed by atoms with E-state index < -0.39 is 5.79 Å². The molecule has 0 unspecified atom stereocenters. The van der Waals surface area contributed by atoms with Crippen LogP contribution in [0.3, 0.4) is 0 Å². The van der Waals surface area contributed by atoms with E-state index in [1.54, 1.807) is 24.0 Å². The lowest BCUT2D eigenvalue weighted by molar-refractivity contribution is -0.115. The number of rotatable bonds is 1. The molecule has 0 radical (unpaired) electrons. The van der Waals surface area contributed by atoms with Crippen LogP contribution in [-0.2, 0) is 4.74 Å². The van der Waals surface area contributed by atoms with Crippen LogP contribution in [0.15, 0.2) is 18.2 Å². The number of hydrogen-bond donors (Lipinski definition) is 0. The highest BCUT2D eigenvalue weighted by Crippen LogP contribution is 2.44. The predicted octanol–water partition coefficient (Wildman–Crippen LogP) is 3.06. The van der Waals surface area contributed by atoms with Gasteiger partial charge in [-0.15, -0.1) is 0 Å². The van der Waals surface area contributed by atoms with Gasteiger partial charge in [0.25, 0.3) is 5.79 Å². The van der Waals surface area contributed by atoms with Gasteiger partial charge < -0.3 is 19.1 Å². The molecule has 2 aliphatic rings. The molecule has 108 valence electrons. The maximum absolute atomic E-state index is 11.7. The fourth-order valence-electron chi connectivity index (χ4n) is 2.52. The van der Waals surface area contributed by atoms with E-state index in [1.165, 1.54) is 0 Å². The minimum Gasteiger partial charge on any atom is -0.450 e. The Morgan fingerprint density at radius 1 is 1.35 bits per heavy atom. The SMILES string of the molecule is CCOC(=O)N1CCC2(CC1)Oc1ccc(Cl)cc1O2. The molecule has 3 rings (SSSR count). The smallest absolute Gasteiger partial charge is 0.409 e. The number of fused-ring (bicyclic) bond motifs is 1. The third-order valence-corrected chi connectivity index (χ3v) is 3.78. The molecule has 2 aliphatic heterocycles. The summed E-state index contributed by atoms with van der Waals surface area (Å²) in [6.45, 7) is 3.30. The molecule has 1 saturated heterocycles. The van der Waals surface area contributed by atoms with E-state index in [0.29, 0.717) is 49.1 Å². The van der Waals surface area contributed by atoms with Gasteiger partial charge in [-0.1, -0.05) is 11.6 Å². The van der Waals surface area contributed by atoms with Crippen LogP contribution >= 0.6 is 11.6 Å². The fourth-order valence-corrected chi connectivity index (χ4v) is 2.68. The molecule has 1 aromatic carbocycles. The van der Waals surface area contributed by atoms with Crippen LogP contribution in [-0.4, -0.2) is 36.5 Å². The van der Waals surface area contributed by atoms with E-state index in [2.05, 4.69) is 0 Å². The third kappa shape index (κ3) is 2.38. The number of carbonyl (C=O) groups is 1. The Hall–Kier alpha value is -1.62. The number of benzene rings is 1. The van der Waals surface area contributed by atoms with E-state index >= 15 is 0 Å². The Morgan fingerprint density at radius 2 is 2.05 bits per heavy atom. The van der Waals surface area contributed by atoms with Gasteiger partial charge in [0.1, 0.15) is 0 Å². The highest BCUT2D eigenvalue weighted by Gasteiger charge is 2.45. The monoisotopic (exact) mass is 297 g/mol. The molecular formula is C14H16ClNO4. The van der Waals surface area contributed by atoms with Gasteiger partial charge in [-0.2, -0.15) is 0 Å². The van der Waals surface area contributed by atoms with Gasteiger partial charge in [0.2, 0.25) is 0 Å². The number of amides is 1. The van der Waals surface area contributed by atoms with Gasteiger partial charge in [0.15, 0.2) is 11.5 Å². The lowest BCUT2D eigenvalue weighted by Gasteiger charge is -2.36. The second kappa shape index (κ2) is 5.05. The van der Waals surface area contributed by atoms with Gasteiger partial charge in [0.05, 0.1) is 6.61 Å². The summed E-state index contributed by atoms with van der Waals surface area (Å²) in [6.07, 6.45) is 0.942. The van der Waals surface area contributed by atoms with Crippen LogP contribution in [0.4, 0.5) is 4.79 Å². The Morgan fingerprint density at radius 3 is 2.75 bits per heavy atom. The van der Waals surface area contributed by atoms with E-state index in [0.717, 1.165) is 0 Å². The molecule has 5 nitrogen and oxygen atoms in total. The van der Waals surface area contributed by atoms with Crippen molar-refractivity contribution in [1.29, 1.82) is 0 Å². The number of likely N-dealkylation sites (tertiary alicyclic amines) is 1. The van der Waals surface area contributed by atoms with Crippen LogP contribution < -0.4 is 9.47 Å². The second-order valence-corrected chi connectivity index (χ2v) is 5.33. The first kappa shape index (κ1) is 13.4. The highest BCUT2D eigenvalue weighted by atomic mass is 35.5. The van der Waals surface area contributed by atoms with Gasteiger partial charge in [0, 0.05) is 37.0 Å². The van der Waals surface area contributed by atoms with Crippen LogP contribution in [0.25, 0.3) is 0 Å². The summed E-state index contributed by atoms with van der Waals surface area (Å²) in [4.78, 5) is 13.3. The van der Waals surface area contributed by atoms with Crippen LogP contribution in [0.1, 0.15) is 19.8 Å². The maximum Gasteiger partial charge on any atom is 0.409 e. The van der Waals surface area contributed by atoms with Crippen molar-refractivity contribution in [1.82, 2.24) is 4.90 Å². The van der Waals surface area contributed by atoms with E-state index in [1.807, 2.05) is 6.07 Å². The molecule has 2 heterocycles. The summed E-state index contributed by atoms with van der Waals surface area (Å²) in [5, 5.41) is 0.619. The highest BCUT2D eigenvalue weighted by molar-refractivity contribution is 6.30. The zero-order chi connectivity index (χ0) is 14.2. The van der Waals surface area contributed by atoms with Crippen molar-refractivity contribution in [2.45, 2.75) is 25.6 Å². The van der Waals surface area contributed by atoms with Crippen molar-refractivity contribution in [3.05, 3.63) is 23.2 Å². The average Bonchev–Trinajstić information content (AvgIpc) is 2.76. The van der Waals surface area contributed by atoms with Crippen LogP contribution in [0.2, 0.25) is 5.02 Å². The molecule has 0 bridgehead atoms. The lowest BCUT2D eigenvalue weighted by atomic mass is 10.0. The first-order chi connectivity index (χ1) is 9.62. The van der Waals surface area contributed by atoms with Gasteiger partial charge in [-0.25, -0.2) is 4.79 Å². The van der Waals surface area contributed by atoms with Crippen molar-refractivity contribution < 1.29 is 19.0 Å². The zero-order valence-electron chi connectivity index (χ0n) is 11.2. The molecule has 1 spiro atoms. The summed E-state index contributed by atoms with van der Waals surface area (Å²) in [5.41, 5.74) is 0. The number of halogens is 1. The van der Waals surface area contributed by atoms with Crippen molar-refractivity contribution in [3.8, 4) is 11.5 Å². The van der Waals surface area contributed by atoms with Gasteiger partial charge >= 0.3 is 6.09 Å². The van der Waals surface area contributed by atoms with Gasteiger partial charge in [-0.05, 0) is 19.1 Å². The molecule has 1 aromatic rings. The summed E-state index contributed by atoms with van der Waals surface area (Å²) in [7, 11) is 0. The summed E-state index contributed by atoms with van der Waals surface area (Å²) in [5.74, 6) is 0.705. The normalized spacial score (nSPS) is 19.2. The van der Waals surface area contributed by atoms with E-state index in [9.17, 15) is 4.79 Å². The number of piperidine rings is 1. The van der Waals surface area contributed by atoms with Crippen LogP contribution in [0.5, 0.6) is 11.5 Å². The van der Waals surface area contributed by atoms with E-state index in [4.69, 9.17) is 25.8 Å². The molecule has 6 heteroatoms. The quantitative estimate of drug-likeness (QED) is 0.799. The molecule has 1 fully saturated rings. The van der Waals surface area contributed by atoms with Crippen molar-refractivity contribution >= 4 is 17.7 Å². The van der Waals surface area contributed by atoms with Gasteiger partial charge in [-0.3, -0.25) is 0 Å². The second-order valence-electron chi connectivity index (χ2n) is 4.89. The van der Waals surface area contributed by atoms with Crippen molar-refractivity contribution in [2.24, 2.45) is 0 Å². The lowest BCUT2D eigenvalue weighted by Crippen LogP contribution is -2.51. The molecule has 0 saturated carbocycles. The average molecular weight is 298 g/mol. The molecule has 0 atom stereocenters. The molecule has 0 N–H and O–H groups in total. The minimum atomic E-state index is -0.671. The third-order valence-electron chi connectivity index (χ3n) is 3.55. The minimum absolute atomic E-state index is 0.277. The Balaban J connectivity index is 1.66. The molecule has 0 aromatic heterocycles. The first-order valence-electron chi connectivity index (χ1n) is 6.71. The Labute approximate surface area is 122 Å². The number of carbonyl (C=O) groups excluding carboxylic acids is 1. The Bertz CT molecular complexity index is 526. The topological polar surface area (TPSA) is 48.0 Å². The van der Waals surface area contributed by atoms with Crippen LogP contribution in [0, 0.1) is 0 Å². The molecule has 1 amide bonds. The summed E-state index contributed by atoms with van der Waals surface area (Å²) >= 11 is 5.95. The summed E-state index contributed by atoms with van der Waals surface area (Å²) in [6, 6.07) is 5.34. The molecule has 0 aliphatic carbocycles. The number of hydrogen-bond acceptors (Lipinski definition) is 4. The standard InChI is InChI=1S/C14H16ClNO4/c1-2-18-13(17)16-7-5-14(6-8-16)19-11-4-3-10(15)9-12(11)20-14/h3-4,9H,2,5-8H2,1H3. The largest absolute Gasteiger partial charge is 0.450 e. The van der Waals surface area contributed by atoms with Crippen molar-refractivity contribution in [2.75, 3.05) is 19.7 Å². The zero-order valence-corrected chi connectivity index (χ0v) is 12.0. The summed E-state index contributed by atoms with van der Waals surface area (Å²) < 4.78 is 16.8.